The van der Waals surface area contributed by atoms with E-state index in [1.54, 1.807) is 0 Å². The van der Waals surface area contributed by atoms with Crippen molar-refractivity contribution >= 4 is 11.9 Å². The van der Waals surface area contributed by atoms with E-state index >= 15 is 0 Å². The fourth-order valence-corrected chi connectivity index (χ4v) is 3.17. The van der Waals surface area contributed by atoms with Crippen LogP contribution in [0.2, 0.25) is 0 Å². The number of nitrogens with zero attached hydrogens (tertiary/aromatic N) is 1. The second-order valence-corrected chi connectivity index (χ2v) is 7.84. The maximum Gasteiger partial charge on any atom is 0.394 e. The van der Waals surface area contributed by atoms with Crippen molar-refractivity contribution < 1.29 is 27.9 Å². The number of carbonyl (C=O) groups excluding carboxylic acids is 1. The summed E-state index contributed by atoms with van der Waals surface area (Å²) in [6, 6.07) is 7.79. The van der Waals surface area contributed by atoms with Crippen LogP contribution in [0.3, 0.4) is 0 Å². The first-order chi connectivity index (χ1) is 11.9. The molecular weight excluding hydrogens is 347 g/mol. The summed E-state index contributed by atoms with van der Waals surface area (Å²) in [5, 5.41) is 9.01. The number of aliphatic carboxylic acids is 1. The van der Waals surface area contributed by atoms with E-state index in [1.807, 2.05) is 24.3 Å². The summed E-state index contributed by atoms with van der Waals surface area (Å²) in [4.78, 5) is 24.4. The van der Waals surface area contributed by atoms with Crippen molar-refractivity contribution in [3.63, 3.8) is 0 Å². The standard InChI is InChI=1S/C19H24F3NO3/c1-18(2,3)13-7-4-12(5-8-13)6-9-16(24)23-10-14(17(25)26)15(11-23)19(20,21)22/h4-5,7-8,14-15H,6,9-11H2,1-3H3,(H,25,26)/t14-,15-/m1/s1. The number of rotatable bonds is 4. The molecule has 1 N–H and O–H groups in total. The highest BCUT2D eigenvalue weighted by atomic mass is 19.4. The SMILES string of the molecule is CC(C)(C)c1ccc(CCC(=O)N2C[C@@H](C(F)(F)F)[C@H](C(=O)O)C2)cc1. The lowest BCUT2D eigenvalue weighted by atomic mass is 9.86. The van der Waals surface area contributed by atoms with Gasteiger partial charge in [-0.05, 0) is 23.0 Å². The molecule has 0 aromatic heterocycles. The highest BCUT2D eigenvalue weighted by molar-refractivity contribution is 5.79. The third-order valence-electron chi connectivity index (χ3n) is 4.86. The van der Waals surface area contributed by atoms with Gasteiger partial charge in [-0.25, -0.2) is 0 Å². The molecule has 1 saturated heterocycles. The molecule has 26 heavy (non-hydrogen) atoms. The van der Waals surface area contributed by atoms with Gasteiger partial charge in [0, 0.05) is 19.5 Å². The Hall–Kier alpha value is -2.05. The van der Waals surface area contributed by atoms with Crippen molar-refractivity contribution in [2.45, 2.75) is 45.2 Å². The molecule has 0 radical (unpaired) electrons. The number of hydrogen-bond acceptors (Lipinski definition) is 2. The molecule has 1 aliphatic heterocycles. The molecule has 144 valence electrons. The van der Waals surface area contributed by atoms with Gasteiger partial charge in [0.2, 0.25) is 5.91 Å². The van der Waals surface area contributed by atoms with Crippen LogP contribution in [0.4, 0.5) is 13.2 Å². The number of hydrogen-bond donors (Lipinski definition) is 1. The Morgan fingerprint density at radius 1 is 1.12 bits per heavy atom. The van der Waals surface area contributed by atoms with Crippen LogP contribution in [0.1, 0.15) is 38.3 Å². The molecule has 0 bridgehead atoms. The van der Waals surface area contributed by atoms with Crippen LogP contribution in [-0.4, -0.2) is 41.1 Å². The highest BCUT2D eigenvalue weighted by Gasteiger charge is 2.53. The Kier molecular flexibility index (Phi) is 5.68. The molecule has 4 nitrogen and oxygen atoms in total. The third kappa shape index (κ3) is 4.77. The minimum Gasteiger partial charge on any atom is -0.481 e. The Morgan fingerprint density at radius 3 is 2.12 bits per heavy atom. The van der Waals surface area contributed by atoms with E-state index in [2.05, 4.69) is 20.8 Å². The Balaban J connectivity index is 1.97. The van der Waals surface area contributed by atoms with Crippen molar-refractivity contribution in [2.24, 2.45) is 11.8 Å². The van der Waals surface area contributed by atoms with Gasteiger partial charge in [0.1, 0.15) is 0 Å². The zero-order valence-corrected chi connectivity index (χ0v) is 15.1. The van der Waals surface area contributed by atoms with Crippen LogP contribution in [0.5, 0.6) is 0 Å². The second kappa shape index (κ2) is 7.29. The van der Waals surface area contributed by atoms with E-state index in [-0.39, 0.29) is 18.4 Å². The molecule has 1 fully saturated rings. The average Bonchev–Trinajstić information content (AvgIpc) is 2.98. The van der Waals surface area contributed by atoms with Gasteiger partial charge in [-0.2, -0.15) is 13.2 Å². The lowest BCUT2D eigenvalue weighted by Gasteiger charge is -2.19. The molecule has 0 saturated carbocycles. The molecule has 0 aliphatic carbocycles. The van der Waals surface area contributed by atoms with Crippen LogP contribution in [0.25, 0.3) is 0 Å². The van der Waals surface area contributed by atoms with Crippen molar-refractivity contribution in [1.82, 2.24) is 4.90 Å². The van der Waals surface area contributed by atoms with Crippen LogP contribution in [0.15, 0.2) is 24.3 Å². The molecule has 7 heteroatoms. The molecule has 2 rings (SSSR count). The fraction of sp³-hybridized carbons (Fsp3) is 0.579. The fourth-order valence-electron chi connectivity index (χ4n) is 3.17. The van der Waals surface area contributed by atoms with E-state index in [0.29, 0.717) is 6.42 Å². The molecule has 1 amide bonds. The van der Waals surface area contributed by atoms with Crippen LogP contribution in [-0.2, 0) is 21.4 Å². The first kappa shape index (κ1) is 20.3. The third-order valence-corrected chi connectivity index (χ3v) is 4.86. The lowest BCUT2D eigenvalue weighted by molar-refractivity contribution is -0.188. The molecular formula is C19H24F3NO3. The molecule has 1 aromatic rings. The van der Waals surface area contributed by atoms with Gasteiger partial charge in [0.15, 0.2) is 0 Å². The lowest BCUT2D eigenvalue weighted by Crippen LogP contribution is -2.34. The predicted octanol–water partition coefficient (Wildman–Crippen LogP) is 3.64. The van der Waals surface area contributed by atoms with Crippen LogP contribution >= 0.6 is 0 Å². The number of alkyl halides is 3. The van der Waals surface area contributed by atoms with Gasteiger partial charge in [0.25, 0.3) is 0 Å². The minimum absolute atomic E-state index is 0.0162. The molecule has 1 aliphatic rings. The number of carboxylic acid groups (broad SMARTS) is 1. The summed E-state index contributed by atoms with van der Waals surface area (Å²) in [5.74, 6) is -5.55. The first-order valence-corrected chi connectivity index (χ1v) is 8.56. The smallest absolute Gasteiger partial charge is 0.394 e. The van der Waals surface area contributed by atoms with Crippen molar-refractivity contribution in [2.75, 3.05) is 13.1 Å². The summed E-state index contributed by atoms with van der Waals surface area (Å²) in [5.41, 5.74) is 2.10. The molecule has 1 heterocycles. The Bertz CT molecular complexity index is 662. The molecule has 1 aromatic carbocycles. The summed E-state index contributed by atoms with van der Waals surface area (Å²) in [6.45, 7) is 5.31. The van der Waals surface area contributed by atoms with Crippen LogP contribution < -0.4 is 0 Å². The number of benzene rings is 1. The van der Waals surface area contributed by atoms with Crippen molar-refractivity contribution in [1.29, 1.82) is 0 Å². The molecule has 0 unspecified atom stereocenters. The Morgan fingerprint density at radius 2 is 1.69 bits per heavy atom. The number of carbonyl (C=O) groups is 2. The van der Waals surface area contributed by atoms with E-state index in [1.165, 1.54) is 0 Å². The quantitative estimate of drug-likeness (QED) is 0.879. The maximum absolute atomic E-state index is 13.0. The summed E-state index contributed by atoms with van der Waals surface area (Å²) < 4.78 is 39.0. The number of halogens is 3. The summed E-state index contributed by atoms with van der Waals surface area (Å²) in [7, 11) is 0. The van der Waals surface area contributed by atoms with Crippen molar-refractivity contribution in [3.05, 3.63) is 35.4 Å². The van der Waals surface area contributed by atoms with Crippen LogP contribution in [0, 0.1) is 11.8 Å². The van der Waals surface area contributed by atoms with E-state index < -0.39 is 36.4 Å². The zero-order valence-electron chi connectivity index (χ0n) is 15.1. The number of carboxylic acids is 1. The van der Waals surface area contributed by atoms with E-state index in [0.717, 1.165) is 16.0 Å². The molecule has 0 spiro atoms. The van der Waals surface area contributed by atoms with E-state index in [9.17, 15) is 22.8 Å². The van der Waals surface area contributed by atoms with Gasteiger partial charge >= 0.3 is 12.1 Å². The van der Waals surface area contributed by atoms with Gasteiger partial charge in [0.05, 0.1) is 11.8 Å². The largest absolute Gasteiger partial charge is 0.481 e. The van der Waals surface area contributed by atoms with Gasteiger partial charge in [-0.15, -0.1) is 0 Å². The van der Waals surface area contributed by atoms with Gasteiger partial charge in [-0.3, -0.25) is 9.59 Å². The van der Waals surface area contributed by atoms with E-state index in [4.69, 9.17) is 5.11 Å². The first-order valence-electron chi connectivity index (χ1n) is 8.56. The number of aryl methyl sites for hydroxylation is 1. The molecule has 2 atom stereocenters. The predicted molar refractivity (Wildman–Crippen MR) is 90.7 cm³/mol. The monoisotopic (exact) mass is 371 g/mol. The normalized spacial score (nSPS) is 21.1. The Labute approximate surface area is 151 Å². The maximum atomic E-state index is 13.0. The summed E-state index contributed by atoms with van der Waals surface area (Å²) in [6.07, 6.45) is -4.15. The number of likely N-dealkylation sites (tertiary alicyclic amines) is 1. The second-order valence-electron chi connectivity index (χ2n) is 7.84. The average molecular weight is 371 g/mol. The van der Waals surface area contributed by atoms with Gasteiger partial charge < -0.3 is 10.0 Å². The summed E-state index contributed by atoms with van der Waals surface area (Å²) >= 11 is 0. The van der Waals surface area contributed by atoms with Gasteiger partial charge in [-0.1, -0.05) is 45.0 Å². The highest BCUT2D eigenvalue weighted by Crippen LogP contribution is 2.38. The minimum atomic E-state index is -4.62. The number of amides is 1. The zero-order chi connectivity index (χ0) is 19.7. The van der Waals surface area contributed by atoms with Crippen molar-refractivity contribution in [3.8, 4) is 0 Å². The topological polar surface area (TPSA) is 57.6 Å².